The lowest BCUT2D eigenvalue weighted by molar-refractivity contribution is 0.519. The molecule has 5 rings (SSSR count). The van der Waals surface area contributed by atoms with Crippen molar-refractivity contribution in [3.05, 3.63) is 69.7 Å². The molecular weight excluding hydrogens is 384 g/mol. The second-order valence-corrected chi connectivity index (χ2v) is 8.41. The monoisotopic (exact) mass is 398 g/mol. The fraction of sp³-hybridized carbons (Fsp3) is 0.158. The van der Waals surface area contributed by atoms with Crippen LogP contribution in [0.1, 0.15) is 11.1 Å². The lowest BCUT2D eigenvalue weighted by Gasteiger charge is -2.27. The number of anilines is 1. The molecule has 0 fully saturated rings. The highest BCUT2D eigenvalue weighted by atomic mass is 35.5. The third kappa shape index (κ3) is 3.02. The Balaban J connectivity index is 1.26. The van der Waals surface area contributed by atoms with E-state index >= 15 is 0 Å². The Morgan fingerprint density at radius 1 is 1.19 bits per heavy atom. The van der Waals surface area contributed by atoms with E-state index in [4.69, 9.17) is 16.6 Å². The molecule has 0 unspecified atom stereocenters. The van der Waals surface area contributed by atoms with Crippen LogP contribution >= 0.6 is 35.1 Å². The number of nitrogens with zero attached hydrogens (tertiary/aromatic N) is 3. The molecule has 0 radical (unpaired) electrons. The predicted octanol–water partition coefficient (Wildman–Crippen LogP) is 5.45. The Morgan fingerprint density at radius 2 is 2.12 bits per heavy atom. The number of hydrogen-bond donors (Lipinski definition) is 1. The summed E-state index contributed by atoms with van der Waals surface area (Å²) in [4.78, 5) is 11.7. The van der Waals surface area contributed by atoms with Crippen LogP contribution < -0.4 is 5.32 Å². The molecule has 0 spiro atoms. The summed E-state index contributed by atoms with van der Waals surface area (Å²) in [5.74, 6) is 0.864. The summed E-state index contributed by atoms with van der Waals surface area (Å²) < 4.78 is 0. The molecule has 7 heteroatoms. The molecule has 2 aromatic carbocycles. The van der Waals surface area contributed by atoms with Crippen LogP contribution in [0.3, 0.4) is 0 Å². The number of thioether (sulfide) groups is 2. The fourth-order valence-electron chi connectivity index (χ4n) is 3.12. The van der Waals surface area contributed by atoms with Crippen molar-refractivity contribution < 1.29 is 0 Å². The number of rotatable bonds is 2. The number of benzene rings is 2. The summed E-state index contributed by atoms with van der Waals surface area (Å²) in [5.41, 5.74) is 5.87. The zero-order valence-corrected chi connectivity index (χ0v) is 16.2. The fourth-order valence-corrected chi connectivity index (χ4v) is 5.19. The summed E-state index contributed by atoms with van der Waals surface area (Å²) in [5, 5.41) is 8.38. The standard InChI is InChI=1S/C19H15ClN4S2/c20-14-5-6-17-13(7-14)8-21-18(22-17)25-10-15-11-26-19-23-16-4-2-1-3-12(16)9-24(15)19/h1-7,11H,8-10H2,(H,21,22). The van der Waals surface area contributed by atoms with E-state index in [1.165, 1.54) is 11.3 Å². The number of para-hydroxylation sites is 1. The van der Waals surface area contributed by atoms with E-state index in [2.05, 4.69) is 38.8 Å². The minimum Gasteiger partial charge on any atom is -0.335 e. The zero-order valence-electron chi connectivity index (χ0n) is 13.8. The summed E-state index contributed by atoms with van der Waals surface area (Å²) in [6, 6.07) is 14.2. The van der Waals surface area contributed by atoms with Crippen LogP contribution in [-0.2, 0) is 13.1 Å². The second-order valence-electron chi connectivity index (χ2n) is 6.17. The van der Waals surface area contributed by atoms with E-state index in [-0.39, 0.29) is 0 Å². The van der Waals surface area contributed by atoms with E-state index < -0.39 is 0 Å². The van der Waals surface area contributed by atoms with Gasteiger partial charge in [0.15, 0.2) is 10.3 Å². The molecule has 0 aromatic heterocycles. The van der Waals surface area contributed by atoms with Gasteiger partial charge in [-0.3, -0.25) is 4.99 Å². The van der Waals surface area contributed by atoms with Crippen molar-refractivity contribution in [2.45, 2.75) is 13.1 Å². The maximum atomic E-state index is 6.05. The first kappa shape index (κ1) is 16.3. The van der Waals surface area contributed by atoms with E-state index in [0.717, 1.165) is 44.6 Å². The zero-order chi connectivity index (χ0) is 17.5. The Labute approximate surface area is 165 Å². The van der Waals surface area contributed by atoms with E-state index in [9.17, 15) is 0 Å². The molecule has 0 aliphatic carbocycles. The van der Waals surface area contributed by atoms with E-state index in [1.54, 1.807) is 23.5 Å². The van der Waals surface area contributed by atoms with Crippen LogP contribution in [0, 0.1) is 0 Å². The lowest BCUT2D eigenvalue weighted by atomic mass is 10.1. The summed E-state index contributed by atoms with van der Waals surface area (Å²) >= 11 is 9.48. The topological polar surface area (TPSA) is 40.0 Å². The highest BCUT2D eigenvalue weighted by Crippen LogP contribution is 2.38. The molecule has 0 bridgehead atoms. The van der Waals surface area contributed by atoms with E-state index in [0.29, 0.717) is 6.54 Å². The van der Waals surface area contributed by atoms with Gasteiger partial charge in [-0.1, -0.05) is 53.3 Å². The molecule has 0 saturated carbocycles. The number of amidine groups is 2. The second kappa shape index (κ2) is 6.68. The Morgan fingerprint density at radius 3 is 3.08 bits per heavy atom. The first-order chi connectivity index (χ1) is 12.8. The van der Waals surface area contributed by atoms with Crippen molar-refractivity contribution in [2.75, 3.05) is 11.1 Å². The van der Waals surface area contributed by atoms with Crippen molar-refractivity contribution >= 4 is 56.8 Å². The average molecular weight is 399 g/mol. The van der Waals surface area contributed by atoms with Crippen molar-refractivity contribution in [2.24, 2.45) is 9.98 Å². The smallest absolute Gasteiger partial charge is 0.173 e. The third-order valence-electron chi connectivity index (χ3n) is 4.47. The highest BCUT2D eigenvalue weighted by Gasteiger charge is 2.27. The molecule has 3 heterocycles. The Kier molecular flexibility index (Phi) is 4.19. The molecule has 2 aromatic rings. The largest absolute Gasteiger partial charge is 0.335 e. The predicted molar refractivity (Wildman–Crippen MR) is 113 cm³/mol. The van der Waals surface area contributed by atoms with Crippen LogP contribution in [0.25, 0.3) is 0 Å². The van der Waals surface area contributed by atoms with Gasteiger partial charge >= 0.3 is 0 Å². The highest BCUT2D eigenvalue weighted by molar-refractivity contribution is 8.17. The SMILES string of the molecule is Clc1ccc2c(c1)CN=C(SCC1=CSC3=Nc4ccccc4CN13)N2. The normalized spacial score (nSPS) is 17.4. The number of hydrogen-bond acceptors (Lipinski definition) is 6. The third-order valence-corrected chi connectivity index (χ3v) is 6.57. The van der Waals surface area contributed by atoms with Crippen LogP contribution in [-0.4, -0.2) is 21.0 Å². The summed E-state index contributed by atoms with van der Waals surface area (Å²) in [6.07, 6.45) is 0. The van der Waals surface area contributed by atoms with Crippen LogP contribution in [0.4, 0.5) is 11.4 Å². The van der Waals surface area contributed by atoms with Gasteiger partial charge in [0.1, 0.15) is 0 Å². The molecule has 0 amide bonds. The maximum absolute atomic E-state index is 6.05. The van der Waals surface area contributed by atoms with Gasteiger partial charge in [-0.05, 0) is 40.8 Å². The van der Waals surface area contributed by atoms with Gasteiger partial charge in [-0.2, -0.15) is 0 Å². The van der Waals surface area contributed by atoms with Crippen molar-refractivity contribution in [3.8, 4) is 0 Å². The van der Waals surface area contributed by atoms with Crippen LogP contribution in [0.2, 0.25) is 5.02 Å². The average Bonchev–Trinajstić information content (AvgIpc) is 3.06. The van der Waals surface area contributed by atoms with Gasteiger partial charge < -0.3 is 10.2 Å². The maximum Gasteiger partial charge on any atom is 0.173 e. The molecule has 0 saturated heterocycles. The first-order valence-corrected chi connectivity index (χ1v) is 10.5. The quantitative estimate of drug-likeness (QED) is 0.730. The Bertz CT molecular complexity index is 983. The number of halogens is 1. The molecule has 3 aliphatic heterocycles. The van der Waals surface area contributed by atoms with Crippen molar-refractivity contribution in [1.29, 1.82) is 0 Å². The van der Waals surface area contributed by atoms with Gasteiger partial charge in [0.2, 0.25) is 0 Å². The van der Waals surface area contributed by atoms with Crippen molar-refractivity contribution in [1.82, 2.24) is 4.90 Å². The molecular formula is C19H15ClN4S2. The van der Waals surface area contributed by atoms with Gasteiger partial charge in [-0.15, -0.1) is 0 Å². The number of aliphatic imine (C=N–C) groups is 2. The first-order valence-electron chi connectivity index (χ1n) is 8.29. The molecule has 26 heavy (non-hydrogen) atoms. The van der Waals surface area contributed by atoms with Gasteiger partial charge in [0.05, 0.1) is 18.8 Å². The lowest BCUT2D eigenvalue weighted by Crippen LogP contribution is -2.27. The van der Waals surface area contributed by atoms with Crippen molar-refractivity contribution in [3.63, 3.8) is 0 Å². The van der Waals surface area contributed by atoms with Gasteiger partial charge in [0, 0.05) is 22.2 Å². The van der Waals surface area contributed by atoms with E-state index in [1.807, 2.05) is 24.3 Å². The molecule has 0 atom stereocenters. The van der Waals surface area contributed by atoms with Crippen LogP contribution in [0.15, 0.2) is 63.6 Å². The minimum absolute atomic E-state index is 0.669. The van der Waals surface area contributed by atoms with Gasteiger partial charge in [0.25, 0.3) is 0 Å². The summed E-state index contributed by atoms with van der Waals surface area (Å²) in [7, 11) is 0. The van der Waals surface area contributed by atoms with Crippen LogP contribution in [0.5, 0.6) is 0 Å². The molecule has 130 valence electrons. The molecule has 1 N–H and O–H groups in total. The number of fused-ring (bicyclic) bond motifs is 3. The molecule has 3 aliphatic rings. The minimum atomic E-state index is 0.669. The number of nitrogens with one attached hydrogen (secondary N) is 1. The van der Waals surface area contributed by atoms with Gasteiger partial charge in [-0.25, -0.2) is 4.99 Å². The molecule has 4 nitrogen and oxygen atoms in total. The summed E-state index contributed by atoms with van der Waals surface area (Å²) in [6.45, 7) is 1.55. The Hall–Kier alpha value is -1.89.